The highest BCUT2D eigenvalue weighted by atomic mass is 16.7. The van der Waals surface area contributed by atoms with Gasteiger partial charge >= 0.3 is 0 Å². The van der Waals surface area contributed by atoms with E-state index in [0.29, 0.717) is 5.69 Å². The maximum Gasteiger partial charge on any atom is 0.188 e. The maximum absolute atomic E-state index is 8.71. The molecule has 0 atom stereocenters. The van der Waals surface area contributed by atoms with Crippen molar-refractivity contribution in [3.63, 3.8) is 0 Å². The van der Waals surface area contributed by atoms with Crippen molar-refractivity contribution in [3.05, 3.63) is 36.0 Å². The summed E-state index contributed by atoms with van der Waals surface area (Å²) in [7, 11) is 1.57. The van der Waals surface area contributed by atoms with Crippen LogP contribution in [0.3, 0.4) is 0 Å². The van der Waals surface area contributed by atoms with Crippen LogP contribution in [0.25, 0.3) is 10.9 Å². The number of nitrogens with zero attached hydrogens (tertiary/aromatic N) is 2. The molecule has 1 aromatic heterocycles. The first-order valence-electron chi connectivity index (χ1n) is 4.76. The van der Waals surface area contributed by atoms with E-state index in [-0.39, 0.29) is 6.79 Å². The van der Waals surface area contributed by atoms with E-state index >= 15 is 0 Å². The molecule has 0 aliphatic rings. The van der Waals surface area contributed by atoms with Crippen LogP contribution >= 0.6 is 0 Å². The predicted molar refractivity (Wildman–Crippen MR) is 59.0 cm³/mol. The Bertz CT molecular complexity index is 546. The van der Waals surface area contributed by atoms with Crippen molar-refractivity contribution in [1.29, 1.82) is 5.26 Å². The van der Waals surface area contributed by atoms with E-state index in [1.807, 2.05) is 24.3 Å². The van der Waals surface area contributed by atoms with Gasteiger partial charge in [0.25, 0.3) is 0 Å². The molecule has 0 bridgehead atoms. The Balaban J connectivity index is 2.37. The molecule has 0 radical (unpaired) electrons. The molecule has 80 valence electrons. The van der Waals surface area contributed by atoms with Crippen LogP contribution in [-0.4, -0.2) is 18.9 Å². The number of hydrogen-bond donors (Lipinski definition) is 0. The van der Waals surface area contributed by atoms with Gasteiger partial charge in [-0.15, -0.1) is 0 Å². The fourth-order valence-electron chi connectivity index (χ4n) is 1.38. The van der Waals surface area contributed by atoms with Gasteiger partial charge in [0, 0.05) is 12.5 Å². The van der Waals surface area contributed by atoms with Crippen molar-refractivity contribution in [2.24, 2.45) is 0 Å². The number of aromatic nitrogens is 1. The molecule has 0 N–H and O–H groups in total. The molecule has 0 aliphatic heterocycles. The van der Waals surface area contributed by atoms with Crippen molar-refractivity contribution in [2.75, 3.05) is 13.9 Å². The zero-order valence-corrected chi connectivity index (χ0v) is 8.80. The largest absolute Gasteiger partial charge is 0.468 e. The van der Waals surface area contributed by atoms with Crippen LogP contribution in [0.15, 0.2) is 30.3 Å². The van der Waals surface area contributed by atoms with Crippen LogP contribution in [0.5, 0.6) is 5.75 Å². The number of hydrogen-bond acceptors (Lipinski definition) is 4. The Labute approximate surface area is 93.0 Å². The molecule has 0 saturated heterocycles. The van der Waals surface area contributed by atoms with Gasteiger partial charge in [-0.2, -0.15) is 5.26 Å². The zero-order chi connectivity index (χ0) is 11.4. The second-order valence-electron chi connectivity index (χ2n) is 3.21. The number of nitriles is 1. The third-order valence-corrected chi connectivity index (χ3v) is 2.12. The van der Waals surface area contributed by atoms with Crippen LogP contribution in [0.1, 0.15) is 5.69 Å². The second kappa shape index (κ2) is 4.60. The number of pyridine rings is 1. The van der Waals surface area contributed by atoms with Gasteiger partial charge in [-0.05, 0) is 30.3 Å². The lowest BCUT2D eigenvalue weighted by Gasteiger charge is -2.05. The van der Waals surface area contributed by atoms with E-state index in [9.17, 15) is 0 Å². The highest BCUT2D eigenvalue weighted by Gasteiger charge is 2.00. The fraction of sp³-hybridized carbons (Fsp3) is 0.167. The first-order chi connectivity index (χ1) is 7.83. The topological polar surface area (TPSA) is 55.1 Å². The highest BCUT2D eigenvalue weighted by molar-refractivity contribution is 5.80. The predicted octanol–water partition coefficient (Wildman–Crippen LogP) is 2.09. The minimum absolute atomic E-state index is 0.217. The Kier molecular flexibility index (Phi) is 2.99. The Morgan fingerprint density at radius 1 is 1.31 bits per heavy atom. The van der Waals surface area contributed by atoms with Crippen molar-refractivity contribution in [1.82, 2.24) is 4.98 Å². The van der Waals surface area contributed by atoms with Gasteiger partial charge in [-0.25, -0.2) is 4.98 Å². The molecule has 16 heavy (non-hydrogen) atoms. The van der Waals surface area contributed by atoms with E-state index in [4.69, 9.17) is 14.7 Å². The summed E-state index contributed by atoms with van der Waals surface area (Å²) in [6, 6.07) is 11.0. The molecular formula is C12H10N2O2. The lowest BCUT2D eigenvalue weighted by molar-refractivity contribution is 0.0512. The first-order valence-corrected chi connectivity index (χ1v) is 4.76. The minimum Gasteiger partial charge on any atom is -0.468 e. The summed E-state index contributed by atoms with van der Waals surface area (Å²) in [5, 5.41) is 9.65. The number of fused-ring (bicyclic) bond motifs is 1. The normalized spacial score (nSPS) is 10.0. The van der Waals surface area contributed by atoms with Crippen molar-refractivity contribution >= 4 is 10.9 Å². The molecule has 0 amide bonds. The molecule has 0 aliphatic carbocycles. The maximum atomic E-state index is 8.71. The lowest BCUT2D eigenvalue weighted by Crippen LogP contribution is -1.98. The average Bonchev–Trinajstić information content (AvgIpc) is 2.35. The molecule has 0 fully saturated rings. The number of benzene rings is 1. The Morgan fingerprint density at radius 2 is 2.19 bits per heavy atom. The summed E-state index contributed by atoms with van der Waals surface area (Å²) in [4.78, 5) is 4.17. The van der Waals surface area contributed by atoms with Gasteiger partial charge in [0.05, 0.1) is 5.52 Å². The van der Waals surface area contributed by atoms with Gasteiger partial charge < -0.3 is 9.47 Å². The number of rotatable bonds is 3. The minimum atomic E-state index is 0.217. The molecule has 4 nitrogen and oxygen atoms in total. The lowest BCUT2D eigenvalue weighted by atomic mass is 10.2. The van der Waals surface area contributed by atoms with Crippen molar-refractivity contribution in [3.8, 4) is 11.8 Å². The van der Waals surface area contributed by atoms with Gasteiger partial charge in [-0.3, -0.25) is 0 Å². The van der Waals surface area contributed by atoms with Gasteiger partial charge in [0.15, 0.2) is 6.79 Å². The standard InChI is InChI=1S/C12H10N2O2/c1-15-8-16-11-4-5-12-9(6-11)2-3-10(7-13)14-12/h2-6H,8H2,1H3. The van der Waals surface area contributed by atoms with E-state index < -0.39 is 0 Å². The van der Waals surface area contributed by atoms with Crippen LogP contribution in [0, 0.1) is 11.3 Å². The molecule has 0 unspecified atom stereocenters. The van der Waals surface area contributed by atoms with Gasteiger partial charge in [0.1, 0.15) is 17.5 Å². The summed E-state index contributed by atoms with van der Waals surface area (Å²) in [5.74, 6) is 0.723. The molecule has 2 aromatic rings. The summed E-state index contributed by atoms with van der Waals surface area (Å²) in [5.41, 5.74) is 1.20. The number of methoxy groups -OCH3 is 1. The summed E-state index contributed by atoms with van der Waals surface area (Å²) in [6.07, 6.45) is 0. The molecule has 2 rings (SSSR count). The third kappa shape index (κ3) is 2.10. The fourth-order valence-corrected chi connectivity index (χ4v) is 1.38. The summed E-state index contributed by atoms with van der Waals surface area (Å²) in [6.45, 7) is 0.217. The molecule has 0 saturated carbocycles. The monoisotopic (exact) mass is 214 g/mol. The smallest absolute Gasteiger partial charge is 0.188 e. The summed E-state index contributed by atoms with van der Waals surface area (Å²) < 4.78 is 10.1. The van der Waals surface area contributed by atoms with E-state index in [2.05, 4.69) is 4.98 Å². The quantitative estimate of drug-likeness (QED) is 0.734. The Hall–Kier alpha value is -2.12. The van der Waals surface area contributed by atoms with E-state index in [0.717, 1.165) is 16.7 Å². The molecule has 1 heterocycles. The zero-order valence-electron chi connectivity index (χ0n) is 8.80. The van der Waals surface area contributed by atoms with Crippen molar-refractivity contribution < 1.29 is 9.47 Å². The molecule has 0 spiro atoms. The SMILES string of the molecule is COCOc1ccc2nc(C#N)ccc2c1. The van der Waals surface area contributed by atoms with Crippen LogP contribution < -0.4 is 4.74 Å². The number of ether oxygens (including phenoxy) is 2. The summed E-state index contributed by atoms with van der Waals surface area (Å²) >= 11 is 0. The molecule has 1 aromatic carbocycles. The van der Waals surface area contributed by atoms with E-state index in [1.54, 1.807) is 19.2 Å². The van der Waals surface area contributed by atoms with Crippen LogP contribution in [-0.2, 0) is 4.74 Å². The molecular weight excluding hydrogens is 204 g/mol. The van der Waals surface area contributed by atoms with Crippen LogP contribution in [0.2, 0.25) is 0 Å². The van der Waals surface area contributed by atoms with Crippen molar-refractivity contribution in [2.45, 2.75) is 0 Å². The third-order valence-electron chi connectivity index (χ3n) is 2.12. The second-order valence-corrected chi connectivity index (χ2v) is 3.21. The average molecular weight is 214 g/mol. The Morgan fingerprint density at radius 3 is 2.94 bits per heavy atom. The van der Waals surface area contributed by atoms with Gasteiger partial charge in [-0.1, -0.05) is 0 Å². The van der Waals surface area contributed by atoms with Gasteiger partial charge in [0.2, 0.25) is 0 Å². The van der Waals surface area contributed by atoms with Crippen LogP contribution in [0.4, 0.5) is 0 Å². The van der Waals surface area contributed by atoms with E-state index in [1.165, 1.54) is 0 Å². The highest BCUT2D eigenvalue weighted by Crippen LogP contribution is 2.19. The molecule has 4 heteroatoms. The first kappa shape index (κ1) is 10.4.